The second kappa shape index (κ2) is 9.53. The number of nitrogens with zero attached hydrogens (tertiary/aromatic N) is 3. The van der Waals surface area contributed by atoms with Crippen LogP contribution in [0.5, 0.6) is 0 Å². The van der Waals surface area contributed by atoms with E-state index in [9.17, 15) is 13.2 Å². The first-order valence-corrected chi connectivity index (χ1v) is 11.9. The quantitative estimate of drug-likeness (QED) is 0.696. The predicted molar refractivity (Wildman–Crippen MR) is 114 cm³/mol. The molecule has 9 heteroatoms. The number of amides is 1. The van der Waals surface area contributed by atoms with Crippen LogP contribution in [0.25, 0.3) is 0 Å². The van der Waals surface area contributed by atoms with Crippen molar-refractivity contribution in [2.45, 2.75) is 30.7 Å². The van der Waals surface area contributed by atoms with Crippen LogP contribution in [0.2, 0.25) is 0 Å². The number of carbonyl (C=O) groups excluding carboxylic acids is 1. The van der Waals surface area contributed by atoms with E-state index in [0.717, 1.165) is 52.2 Å². The molecule has 2 atom stereocenters. The lowest BCUT2D eigenvalue weighted by Crippen LogP contribution is -2.51. The van der Waals surface area contributed by atoms with Gasteiger partial charge in [-0.1, -0.05) is 0 Å². The number of rotatable bonds is 6. The number of hydrogen-bond acceptors (Lipinski definition) is 6. The molecule has 0 aliphatic carbocycles. The number of hydrogen-bond donors (Lipinski definition) is 2. The van der Waals surface area contributed by atoms with E-state index >= 15 is 0 Å². The van der Waals surface area contributed by atoms with Crippen LogP contribution in [-0.2, 0) is 14.8 Å². The van der Waals surface area contributed by atoms with Crippen molar-refractivity contribution >= 4 is 21.6 Å². The number of benzene rings is 1. The van der Waals surface area contributed by atoms with Gasteiger partial charge < -0.3 is 15.1 Å². The Hall–Kier alpha value is -1.52. The van der Waals surface area contributed by atoms with Gasteiger partial charge in [0.15, 0.2) is 0 Å². The number of nitrogens with two attached hydrogens (primary N) is 1. The molecule has 3 rings (SSSR count). The van der Waals surface area contributed by atoms with E-state index in [2.05, 4.69) is 27.1 Å². The van der Waals surface area contributed by atoms with E-state index in [1.165, 1.54) is 18.6 Å². The highest BCUT2D eigenvalue weighted by atomic mass is 32.2. The first-order valence-electron chi connectivity index (χ1n) is 10.3. The van der Waals surface area contributed by atoms with E-state index in [4.69, 9.17) is 5.14 Å². The normalized spacial score (nSPS) is 23.6. The Kier molecular flexibility index (Phi) is 7.28. The van der Waals surface area contributed by atoms with Crippen LogP contribution >= 0.6 is 0 Å². The Bertz CT molecular complexity index is 791. The fourth-order valence-electron chi connectivity index (χ4n) is 4.13. The molecule has 2 saturated heterocycles. The topological polar surface area (TPSA) is 99.0 Å². The average Bonchev–Trinajstić information content (AvgIpc) is 2.69. The molecule has 2 aliphatic heterocycles. The second-order valence-electron chi connectivity index (χ2n) is 8.34. The number of nitrogens with one attached hydrogen (secondary N) is 1. The van der Waals surface area contributed by atoms with Crippen molar-refractivity contribution in [2.24, 2.45) is 11.1 Å². The SMILES string of the molecule is CC(C(=O)Nc1ccc(S(N)(=O)=O)cc1)N1CCCC(CN2CCN(C)CC2)C1. The maximum atomic E-state index is 12.7. The zero-order valence-electron chi connectivity index (χ0n) is 17.4. The third-order valence-electron chi connectivity index (χ3n) is 6.04. The molecule has 29 heavy (non-hydrogen) atoms. The van der Waals surface area contributed by atoms with Gasteiger partial charge in [0.25, 0.3) is 0 Å². The summed E-state index contributed by atoms with van der Waals surface area (Å²) < 4.78 is 22.7. The molecule has 1 aromatic carbocycles. The highest BCUT2D eigenvalue weighted by Crippen LogP contribution is 2.21. The number of primary sulfonamides is 1. The maximum Gasteiger partial charge on any atom is 0.241 e. The van der Waals surface area contributed by atoms with Crippen LogP contribution in [0.4, 0.5) is 5.69 Å². The monoisotopic (exact) mass is 423 g/mol. The van der Waals surface area contributed by atoms with Crippen LogP contribution in [0.15, 0.2) is 29.2 Å². The highest BCUT2D eigenvalue weighted by molar-refractivity contribution is 7.89. The van der Waals surface area contributed by atoms with Gasteiger partial charge in [-0.2, -0.15) is 0 Å². The minimum atomic E-state index is -3.73. The minimum absolute atomic E-state index is 0.0336. The molecule has 0 spiro atoms. The minimum Gasteiger partial charge on any atom is -0.325 e. The van der Waals surface area contributed by atoms with E-state index in [-0.39, 0.29) is 16.8 Å². The third kappa shape index (κ3) is 6.23. The molecule has 2 fully saturated rings. The maximum absolute atomic E-state index is 12.7. The summed E-state index contributed by atoms with van der Waals surface area (Å²) in [6, 6.07) is 5.71. The van der Waals surface area contributed by atoms with Crippen molar-refractivity contribution < 1.29 is 13.2 Å². The fraction of sp³-hybridized carbons (Fsp3) is 0.650. The van der Waals surface area contributed by atoms with Gasteiger partial charge in [0.1, 0.15) is 0 Å². The Morgan fingerprint density at radius 3 is 2.45 bits per heavy atom. The summed E-state index contributed by atoms with van der Waals surface area (Å²) in [5, 5.41) is 8.00. The van der Waals surface area contributed by atoms with Crippen molar-refractivity contribution in [3.63, 3.8) is 0 Å². The van der Waals surface area contributed by atoms with Crippen LogP contribution in [-0.4, -0.2) is 87.9 Å². The molecule has 0 bridgehead atoms. The van der Waals surface area contributed by atoms with Crippen LogP contribution in [0.3, 0.4) is 0 Å². The van der Waals surface area contributed by atoms with Crippen molar-refractivity contribution in [3.8, 4) is 0 Å². The number of likely N-dealkylation sites (tertiary alicyclic amines) is 1. The summed E-state index contributed by atoms with van der Waals surface area (Å²) in [4.78, 5) is 19.9. The standard InChI is InChI=1S/C20H33N5O3S/c1-16(20(26)22-18-5-7-19(8-6-18)29(21,27)28)25-9-3-4-17(15-25)14-24-12-10-23(2)11-13-24/h5-8,16-17H,3-4,9-15H2,1-2H3,(H,22,26)(H2,21,27,28). The summed E-state index contributed by atoms with van der Waals surface area (Å²) in [6.07, 6.45) is 2.32. The Morgan fingerprint density at radius 2 is 1.83 bits per heavy atom. The zero-order chi connectivity index (χ0) is 21.0. The van der Waals surface area contributed by atoms with Crippen molar-refractivity contribution in [1.82, 2.24) is 14.7 Å². The van der Waals surface area contributed by atoms with Crippen LogP contribution in [0, 0.1) is 5.92 Å². The molecule has 0 aromatic heterocycles. The molecule has 1 amide bonds. The predicted octanol–water partition coefficient (Wildman–Crippen LogP) is 0.620. The van der Waals surface area contributed by atoms with Gasteiger partial charge in [-0.3, -0.25) is 9.69 Å². The average molecular weight is 424 g/mol. The summed E-state index contributed by atoms with van der Waals surface area (Å²) >= 11 is 0. The summed E-state index contributed by atoms with van der Waals surface area (Å²) in [5.41, 5.74) is 0.570. The molecule has 0 radical (unpaired) electrons. The summed E-state index contributed by atoms with van der Waals surface area (Å²) in [5.74, 6) is 0.519. The number of piperazine rings is 1. The van der Waals surface area contributed by atoms with Gasteiger partial charge in [0, 0.05) is 45.0 Å². The van der Waals surface area contributed by atoms with E-state index in [1.54, 1.807) is 12.1 Å². The van der Waals surface area contributed by atoms with Gasteiger partial charge in [-0.25, -0.2) is 13.6 Å². The summed E-state index contributed by atoms with van der Waals surface area (Å²) in [7, 11) is -1.56. The number of sulfonamides is 1. The zero-order valence-corrected chi connectivity index (χ0v) is 18.2. The second-order valence-corrected chi connectivity index (χ2v) is 9.90. The molecular formula is C20H33N5O3S. The molecule has 0 saturated carbocycles. The molecule has 2 aliphatic rings. The Morgan fingerprint density at radius 1 is 1.17 bits per heavy atom. The highest BCUT2D eigenvalue weighted by Gasteiger charge is 2.29. The molecule has 2 heterocycles. The van der Waals surface area contributed by atoms with E-state index in [0.29, 0.717) is 11.6 Å². The van der Waals surface area contributed by atoms with E-state index in [1.807, 2.05) is 6.92 Å². The van der Waals surface area contributed by atoms with Gasteiger partial charge in [0.2, 0.25) is 15.9 Å². The lowest BCUT2D eigenvalue weighted by molar-refractivity contribution is -0.121. The number of carbonyl (C=O) groups is 1. The van der Waals surface area contributed by atoms with Crippen molar-refractivity contribution in [3.05, 3.63) is 24.3 Å². The number of likely N-dealkylation sites (N-methyl/N-ethyl adjacent to an activating group) is 1. The lowest BCUT2D eigenvalue weighted by Gasteiger charge is -2.40. The van der Waals surface area contributed by atoms with Gasteiger partial charge in [0.05, 0.1) is 10.9 Å². The van der Waals surface area contributed by atoms with Crippen LogP contribution in [0.1, 0.15) is 19.8 Å². The molecule has 1 aromatic rings. The molecule has 2 unspecified atom stereocenters. The van der Waals surface area contributed by atoms with E-state index < -0.39 is 10.0 Å². The Balaban J connectivity index is 1.52. The van der Waals surface area contributed by atoms with Crippen LogP contribution < -0.4 is 10.5 Å². The van der Waals surface area contributed by atoms with Gasteiger partial charge in [-0.15, -0.1) is 0 Å². The molecule has 162 valence electrons. The van der Waals surface area contributed by atoms with Gasteiger partial charge in [-0.05, 0) is 63.5 Å². The van der Waals surface area contributed by atoms with Crippen molar-refractivity contribution in [1.29, 1.82) is 0 Å². The lowest BCUT2D eigenvalue weighted by atomic mass is 9.95. The number of piperidine rings is 1. The number of anilines is 1. The largest absolute Gasteiger partial charge is 0.325 e. The third-order valence-corrected chi connectivity index (χ3v) is 6.97. The first kappa shape index (κ1) is 22.2. The molecular weight excluding hydrogens is 390 g/mol. The van der Waals surface area contributed by atoms with Gasteiger partial charge >= 0.3 is 0 Å². The molecule has 3 N–H and O–H groups in total. The summed E-state index contributed by atoms with van der Waals surface area (Å²) in [6.45, 7) is 9.40. The Labute approximate surface area is 174 Å². The first-order chi connectivity index (χ1) is 13.7. The smallest absolute Gasteiger partial charge is 0.241 e. The molecule has 8 nitrogen and oxygen atoms in total. The fourth-order valence-corrected chi connectivity index (χ4v) is 4.65. The van der Waals surface area contributed by atoms with Crippen molar-refractivity contribution in [2.75, 3.05) is 58.2 Å².